The first-order valence-corrected chi connectivity index (χ1v) is 7.36. The number of rotatable bonds is 3. The number of hydrogen-bond donors (Lipinski definition) is 2. The molecule has 1 aromatic rings. The van der Waals surface area contributed by atoms with E-state index in [1.165, 1.54) is 6.42 Å². The third-order valence-corrected chi connectivity index (χ3v) is 4.63. The largest absolute Gasteiger partial charge is 0.381 e. The zero-order valence-corrected chi connectivity index (χ0v) is 11.9. The number of hydrogen-bond acceptors (Lipinski definition) is 3. The fraction of sp³-hybridized carbons (Fsp3) is 0.500. The van der Waals surface area contributed by atoms with Crippen molar-refractivity contribution in [3.63, 3.8) is 0 Å². The molecule has 0 spiro atoms. The van der Waals surface area contributed by atoms with Gasteiger partial charge in [0.1, 0.15) is 0 Å². The van der Waals surface area contributed by atoms with E-state index in [4.69, 9.17) is 0 Å². The first kappa shape index (κ1) is 13.3. The van der Waals surface area contributed by atoms with Gasteiger partial charge in [-0.1, -0.05) is 6.92 Å². The van der Waals surface area contributed by atoms with Crippen molar-refractivity contribution in [2.24, 2.45) is 0 Å². The summed E-state index contributed by atoms with van der Waals surface area (Å²) in [5.41, 5.74) is 2.98. The van der Waals surface area contributed by atoms with Crippen molar-refractivity contribution in [2.45, 2.75) is 31.6 Å². The quantitative estimate of drug-likeness (QED) is 0.882. The highest BCUT2D eigenvalue weighted by Gasteiger charge is 2.22. The molecule has 1 heterocycles. The van der Waals surface area contributed by atoms with Crippen LogP contribution in [-0.4, -0.2) is 30.0 Å². The third kappa shape index (κ3) is 2.99. The van der Waals surface area contributed by atoms with Crippen molar-refractivity contribution in [2.75, 3.05) is 18.1 Å². The summed E-state index contributed by atoms with van der Waals surface area (Å²) in [7, 11) is 1.65. The van der Waals surface area contributed by atoms with E-state index in [1.807, 2.05) is 36.9 Å². The second-order valence-corrected chi connectivity index (χ2v) is 6.30. The van der Waals surface area contributed by atoms with Gasteiger partial charge in [0.15, 0.2) is 0 Å². The van der Waals surface area contributed by atoms with Gasteiger partial charge in [-0.15, -0.1) is 0 Å². The Labute approximate surface area is 113 Å². The number of carbonyl (C=O) groups is 1. The number of anilines is 1. The predicted octanol–water partition coefficient (Wildman–Crippen LogP) is 2.66. The van der Waals surface area contributed by atoms with Gasteiger partial charge < -0.3 is 10.6 Å². The second kappa shape index (κ2) is 5.65. The molecule has 1 saturated heterocycles. The minimum Gasteiger partial charge on any atom is -0.381 e. The van der Waals surface area contributed by atoms with Gasteiger partial charge >= 0.3 is 0 Å². The molecule has 2 unspecified atom stereocenters. The van der Waals surface area contributed by atoms with Crippen molar-refractivity contribution in [3.05, 3.63) is 29.3 Å². The lowest BCUT2D eigenvalue weighted by atomic mass is 10.1. The Morgan fingerprint density at radius 2 is 2.22 bits per heavy atom. The molecule has 0 bridgehead atoms. The number of benzene rings is 1. The molecule has 1 aliphatic rings. The van der Waals surface area contributed by atoms with Crippen LogP contribution in [-0.2, 0) is 0 Å². The molecule has 2 N–H and O–H groups in total. The van der Waals surface area contributed by atoms with E-state index in [9.17, 15) is 4.79 Å². The van der Waals surface area contributed by atoms with Crippen LogP contribution in [0.1, 0.15) is 29.3 Å². The van der Waals surface area contributed by atoms with Gasteiger partial charge in [0, 0.05) is 35.3 Å². The predicted molar refractivity (Wildman–Crippen MR) is 78.5 cm³/mol. The minimum absolute atomic E-state index is 0.0327. The lowest BCUT2D eigenvalue weighted by Crippen LogP contribution is -2.20. The first-order chi connectivity index (χ1) is 8.60. The Balaban J connectivity index is 2.08. The highest BCUT2D eigenvalue weighted by atomic mass is 32.2. The standard InChI is InChI=1S/C14H20N2OS/c1-9-6-11(14(17)15-3)4-5-13(9)16-12-7-10(2)18-8-12/h4-6,10,12,16H,7-8H2,1-3H3,(H,15,17). The van der Waals surface area contributed by atoms with Gasteiger partial charge in [-0.05, 0) is 37.1 Å². The lowest BCUT2D eigenvalue weighted by molar-refractivity contribution is 0.0963. The van der Waals surface area contributed by atoms with Gasteiger partial charge in [-0.2, -0.15) is 11.8 Å². The monoisotopic (exact) mass is 264 g/mol. The van der Waals surface area contributed by atoms with Gasteiger partial charge in [-0.3, -0.25) is 4.79 Å². The average molecular weight is 264 g/mol. The van der Waals surface area contributed by atoms with Crippen LogP contribution in [0.5, 0.6) is 0 Å². The van der Waals surface area contributed by atoms with Crippen molar-refractivity contribution >= 4 is 23.4 Å². The van der Waals surface area contributed by atoms with Crippen LogP contribution < -0.4 is 10.6 Å². The summed E-state index contributed by atoms with van der Waals surface area (Å²) < 4.78 is 0. The molecule has 0 aromatic heterocycles. The third-order valence-electron chi connectivity index (χ3n) is 3.27. The Morgan fingerprint density at radius 1 is 1.44 bits per heavy atom. The van der Waals surface area contributed by atoms with Crippen molar-refractivity contribution < 1.29 is 4.79 Å². The Kier molecular flexibility index (Phi) is 4.17. The van der Waals surface area contributed by atoms with E-state index in [2.05, 4.69) is 17.6 Å². The Bertz CT molecular complexity index is 447. The van der Waals surface area contributed by atoms with Crippen LogP contribution in [0.15, 0.2) is 18.2 Å². The summed E-state index contributed by atoms with van der Waals surface area (Å²) in [5.74, 6) is 1.13. The van der Waals surface area contributed by atoms with Crippen LogP contribution in [0, 0.1) is 6.92 Å². The minimum atomic E-state index is -0.0327. The number of amides is 1. The molecular weight excluding hydrogens is 244 g/mol. The van der Waals surface area contributed by atoms with Crippen LogP contribution >= 0.6 is 11.8 Å². The van der Waals surface area contributed by atoms with E-state index >= 15 is 0 Å². The van der Waals surface area contributed by atoms with Crippen LogP contribution in [0.3, 0.4) is 0 Å². The van der Waals surface area contributed by atoms with Crippen LogP contribution in [0.2, 0.25) is 0 Å². The molecular formula is C14H20N2OS. The smallest absolute Gasteiger partial charge is 0.251 e. The maximum absolute atomic E-state index is 11.5. The van der Waals surface area contributed by atoms with Crippen LogP contribution in [0.25, 0.3) is 0 Å². The van der Waals surface area contributed by atoms with Gasteiger partial charge in [0.25, 0.3) is 5.91 Å². The number of carbonyl (C=O) groups excluding carboxylic acids is 1. The maximum Gasteiger partial charge on any atom is 0.251 e. The molecule has 1 amide bonds. The topological polar surface area (TPSA) is 41.1 Å². The molecule has 2 rings (SSSR count). The Hall–Kier alpha value is -1.16. The van der Waals surface area contributed by atoms with E-state index < -0.39 is 0 Å². The summed E-state index contributed by atoms with van der Waals surface area (Å²) in [6, 6.07) is 6.37. The van der Waals surface area contributed by atoms with Gasteiger partial charge in [-0.25, -0.2) is 0 Å². The fourth-order valence-electron chi connectivity index (χ4n) is 2.25. The molecule has 2 atom stereocenters. The fourth-order valence-corrected chi connectivity index (χ4v) is 3.40. The van der Waals surface area contributed by atoms with Crippen LogP contribution in [0.4, 0.5) is 5.69 Å². The summed E-state index contributed by atoms with van der Waals surface area (Å²) in [6.07, 6.45) is 1.21. The van der Waals surface area contributed by atoms with E-state index in [0.717, 1.165) is 27.8 Å². The highest BCUT2D eigenvalue weighted by molar-refractivity contribution is 8.00. The lowest BCUT2D eigenvalue weighted by Gasteiger charge is -2.16. The zero-order chi connectivity index (χ0) is 13.1. The summed E-state index contributed by atoms with van der Waals surface area (Å²) >= 11 is 2.02. The molecule has 0 aliphatic carbocycles. The summed E-state index contributed by atoms with van der Waals surface area (Å²) in [4.78, 5) is 11.5. The Morgan fingerprint density at radius 3 is 2.78 bits per heavy atom. The first-order valence-electron chi connectivity index (χ1n) is 6.31. The maximum atomic E-state index is 11.5. The highest BCUT2D eigenvalue weighted by Crippen LogP contribution is 2.29. The number of aryl methyl sites for hydroxylation is 1. The van der Waals surface area contributed by atoms with Gasteiger partial charge in [0.05, 0.1) is 0 Å². The van der Waals surface area contributed by atoms with Crippen molar-refractivity contribution in [1.29, 1.82) is 0 Å². The summed E-state index contributed by atoms with van der Waals surface area (Å²) in [6.45, 7) is 4.31. The van der Waals surface area contributed by atoms with Gasteiger partial charge in [0.2, 0.25) is 0 Å². The molecule has 3 nitrogen and oxygen atoms in total. The molecule has 4 heteroatoms. The number of thioether (sulfide) groups is 1. The molecule has 1 aliphatic heterocycles. The zero-order valence-electron chi connectivity index (χ0n) is 11.1. The van der Waals surface area contributed by atoms with E-state index in [0.29, 0.717) is 6.04 Å². The molecule has 1 fully saturated rings. The second-order valence-electron chi connectivity index (χ2n) is 4.83. The normalized spacial score (nSPS) is 22.8. The van der Waals surface area contributed by atoms with Crippen molar-refractivity contribution in [3.8, 4) is 0 Å². The van der Waals surface area contributed by atoms with E-state index in [1.54, 1.807) is 7.05 Å². The molecule has 98 valence electrons. The SMILES string of the molecule is CNC(=O)c1ccc(NC2CSC(C)C2)c(C)c1. The molecule has 0 saturated carbocycles. The number of nitrogens with one attached hydrogen (secondary N) is 2. The molecule has 1 aromatic carbocycles. The van der Waals surface area contributed by atoms with E-state index in [-0.39, 0.29) is 5.91 Å². The van der Waals surface area contributed by atoms with Crippen molar-refractivity contribution in [1.82, 2.24) is 5.32 Å². The summed E-state index contributed by atoms with van der Waals surface area (Å²) in [5, 5.41) is 6.96. The molecule has 0 radical (unpaired) electrons. The average Bonchev–Trinajstić information content (AvgIpc) is 2.76. The molecule has 18 heavy (non-hydrogen) atoms.